The molecule has 0 aromatic heterocycles. The first-order valence-electron chi connectivity index (χ1n) is 10.3. The van der Waals surface area contributed by atoms with E-state index in [9.17, 15) is 93.9 Å². The van der Waals surface area contributed by atoms with Gasteiger partial charge in [0.25, 0.3) is 0 Å². The van der Waals surface area contributed by atoms with Crippen molar-refractivity contribution < 1.29 is 132 Å². The van der Waals surface area contributed by atoms with Gasteiger partial charge in [-0.2, -0.15) is 83.4 Å². The van der Waals surface area contributed by atoms with Crippen LogP contribution in [0.4, 0.5) is 79.0 Å². The van der Waals surface area contributed by atoms with E-state index in [1.807, 2.05) is 0 Å². The maximum Gasteiger partial charge on any atom is 1.00 e. The summed E-state index contributed by atoms with van der Waals surface area (Å²) in [5.41, 5.74) is 0. The van der Waals surface area contributed by atoms with Gasteiger partial charge in [-0.1, -0.05) is 0 Å². The van der Waals surface area contributed by atoms with E-state index in [1.54, 1.807) is 0 Å². The fraction of sp³-hybridized carbons (Fsp3) is 0.882. The van der Waals surface area contributed by atoms with Crippen LogP contribution in [0, 0.1) is 5.92 Å². The molecule has 0 amide bonds. The van der Waals surface area contributed by atoms with Gasteiger partial charge in [-0.25, -0.2) is 0 Å². The van der Waals surface area contributed by atoms with Crippen LogP contribution in [-0.2, 0) is 28.4 Å². The van der Waals surface area contributed by atoms with E-state index in [0.29, 0.717) is 0 Å². The predicted octanol–water partition coefficient (Wildman–Crippen LogP) is 2.67. The normalized spacial score (nSPS) is 15.0. The molecule has 0 saturated heterocycles. The topological polar surface area (TPSA) is 94.1 Å². The molecule has 27 heteroatoms. The first-order chi connectivity index (χ1) is 18.9. The minimum absolute atomic E-state index is 0. The summed E-state index contributed by atoms with van der Waals surface area (Å²) in [6.07, 6.45) is -21.2. The van der Waals surface area contributed by atoms with Gasteiger partial charge in [-0.15, -0.1) is 0 Å². The molecule has 1 unspecified atom stereocenters. The number of esters is 2. The van der Waals surface area contributed by atoms with Crippen LogP contribution in [-0.4, -0.2) is 78.8 Å². The summed E-state index contributed by atoms with van der Waals surface area (Å²) in [7, 11) is 0. The minimum atomic E-state index is -7.28. The van der Waals surface area contributed by atoms with E-state index < -0.39 is 104 Å². The zero-order chi connectivity index (χ0) is 34.5. The van der Waals surface area contributed by atoms with Gasteiger partial charge in [0.1, 0.15) is 0 Å². The first-order valence-corrected chi connectivity index (χ1v) is 11.2. The maximum absolute atomic E-state index is 13.5. The summed E-state index contributed by atoms with van der Waals surface area (Å²) in [5, 5.41) is 12.6. The molecule has 0 saturated carbocycles. The van der Waals surface area contributed by atoms with E-state index in [0.717, 1.165) is 0 Å². The Morgan fingerprint density at radius 3 is 1.32 bits per heavy atom. The van der Waals surface area contributed by atoms with E-state index in [2.05, 4.69) is 18.8 Å². The molecule has 256 valence electrons. The quantitative estimate of drug-likeness (QED) is 0.0433. The van der Waals surface area contributed by atoms with Crippen LogP contribution in [0.2, 0.25) is 0 Å². The van der Waals surface area contributed by atoms with Gasteiger partial charge in [0, 0.05) is 17.8 Å². The standard InChI is InChI=1S/C17H14F18O7S.Li/c18-10(19,12(22,23)14(26,27)16(30,31)32)1-3-39-8(36)5-7(6-43-42-41-38)9(37)40-4-2-11(20,21)13(24,25)15(28,29)17(33,34)35;/h7,38H,1-6H2;/q;+1/p-1. The Morgan fingerprint density at radius 2 is 0.977 bits per heavy atom. The van der Waals surface area contributed by atoms with Crippen LogP contribution >= 0.6 is 12.0 Å². The Hall–Kier alpha value is -1.49. The van der Waals surface area contributed by atoms with Crippen molar-refractivity contribution in [3.63, 3.8) is 0 Å². The molecule has 0 aliphatic rings. The Labute approximate surface area is 248 Å². The molecule has 0 radical (unpaired) electrons. The first kappa shape index (κ1) is 44.6. The van der Waals surface area contributed by atoms with Crippen molar-refractivity contribution >= 4 is 24.0 Å². The third-order valence-electron chi connectivity index (χ3n) is 4.85. The summed E-state index contributed by atoms with van der Waals surface area (Å²) in [4.78, 5) is 23.7. The molecule has 0 aromatic rings. The van der Waals surface area contributed by atoms with Crippen LogP contribution in [0.25, 0.3) is 0 Å². The summed E-state index contributed by atoms with van der Waals surface area (Å²) in [6.45, 7) is -4.08. The third kappa shape index (κ3) is 10.0. The van der Waals surface area contributed by atoms with E-state index in [-0.39, 0.29) is 30.9 Å². The average molecular weight is 710 g/mol. The summed E-state index contributed by atoms with van der Waals surface area (Å²) < 4.78 is 242. The van der Waals surface area contributed by atoms with Gasteiger partial charge in [0.15, 0.2) is 0 Å². The zero-order valence-corrected chi connectivity index (χ0v) is 21.7. The molecular weight excluding hydrogens is 697 g/mol. The fourth-order valence-corrected chi connectivity index (χ4v) is 2.93. The molecule has 0 rings (SSSR count). The largest absolute Gasteiger partial charge is 1.00 e. The molecule has 7 nitrogen and oxygen atoms in total. The van der Waals surface area contributed by atoms with E-state index in [4.69, 9.17) is 0 Å². The van der Waals surface area contributed by atoms with Crippen LogP contribution in [0.3, 0.4) is 0 Å². The number of alkyl halides is 18. The summed E-state index contributed by atoms with van der Waals surface area (Å²) in [6, 6.07) is 0. The van der Waals surface area contributed by atoms with Crippen molar-refractivity contribution in [1.29, 1.82) is 0 Å². The van der Waals surface area contributed by atoms with E-state index in [1.165, 1.54) is 0 Å². The smallest absolute Gasteiger partial charge is 0.691 e. The summed E-state index contributed by atoms with van der Waals surface area (Å²) >= 11 is -0.227. The van der Waals surface area contributed by atoms with Crippen molar-refractivity contribution in [2.75, 3.05) is 19.0 Å². The molecule has 0 aliphatic heterocycles. The average Bonchev–Trinajstić information content (AvgIpc) is 2.81. The molecule has 1 atom stereocenters. The number of hydrogen-bond donors (Lipinski definition) is 0. The Morgan fingerprint density at radius 1 is 0.614 bits per heavy atom. The van der Waals surface area contributed by atoms with Crippen LogP contribution in [0.1, 0.15) is 19.3 Å². The molecule has 0 bridgehead atoms. The number of ether oxygens (including phenoxy) is 2. The molecule has 0 fully saturated rings. The Bertz CT molecular complexity index is 944. The molecule has 44 heavy (non-hydrogen) atoms. The van der Waals surface area contributed by atoms with Gasteiger partial charge in [0.05, 0.1) is 38.4 Å². The second kappa shape index (κ2) is 15.4. The molecule has 0 heterocycles. The second-order valence-corrected chi connectivity index (χ2v) is 8.62. The second-order valence-electron chi connectivity index (χ2n) is 7.91. The third-order valence-corrected chi connectivity index (χ3v) is 5.54. The fourth-order valence-electron chi connectivity index (χ4n) is 2.42. The van der Waals surface area contributed by atoms with Gasteiger partial charge < -0.3 is 14.7 Å². The monoisotopic (exact) mass is 710 g/mol. The number of rotatable bonds is 17. The number of hydrogen-bond acceptors (Lipinski definition) is 8. The van der Waals surface area contributed by atoms with Crippen LogP contribution in [0.5, 0.6) is 0 Å². The van der Waals surface area contributed by atoms with Crippen molar-refractivity contribution in [1.82, 2.24) is 0 Å². The van der Waals surface area contributed by atoms with Gasteiger partial charge in [-0.05, 0) is 0 Å². The van der Waals surface area contributed by atoms with Gasteiger partial charge in [-0.3, -0.25) is 14.6 Å². The number of halogens is 18. The van der Waals surface area contributed by atoms with Crippen LogP contribution < -0.4 is 24.1 Å². The minimum Gasteiger partial charge on any atom is -0.691 e. The molecular formula is C17H13F18LiO7S. The molecule has 0 aliphatic carbocycles. The molecule has 0 aromatic carbocycles. The van der Waals surface area contributed by atoms with Crippen molar-refractivity contribution in [2.24, 2.45) is 5.92 Å². The van der Waals surface area contributed by atoms with Crippen molar-refractivity contribution in [3.8, 4) is 0 Å². The predicted molar refractivity (Wildman–Crippen MR) is 95.7 cm³/mol. The number of carbonyl (C=O) groups excluding carboxylic acids is 2. The maximum atomic E-state index is 13.5. The Kier molecular flexibility index (Phi) is 15.6. The summed E-state index contributed by atoms with van der Waals surface area (Å²) in [5.74, 6) is -48.3. The van der Waals surface area contributed by atoms with Gasteiger partial charge in [0.2, 0.25) is 0 Å². The zero-order valence-electron chi connectivity index (χ0n) is 20.9. The van der Waals surface area contributed by atoms with Crippen molar-refractivity contribution in [2.45, 2.75) is 67.2 Å². The molecule has 0 N–H and O–H groups in total. The molecule has 0 spiro atoms. The van der Waals surface area contributed by atoms with Gasteiger partial charge >= 0.3 is 78.7 Å². The Balaban J connectivity index is 0. The SMILES string of the molecule is O=C(CC(CSOO[O-])C(=O)OCCC(F)(F)C(F)(F)C(F)(F)C(F)(F)F)OCCC(F)(F)C(F)(F)C(F)(F)C(F)(F)F.[Li+]. The van der Waals surface area contributed by atoms with Crippen molar-refractivity contribution in [3.05, 3.63) is 0 Å². The van der Waals surface area contributed by atoms with E-state index >= 15 is 0 Å². The number of carbonyl (C=O) groups is 2. The van der Waals surface area contributed by atoms with Crippen LogP contribution in [0.15, 0.2) is 0 Å².